The fraction of sp³-hybridized carbons (Fsp3) is 0.438. The van der Waals surface area contributed by atoms with Crippen LogP contribution in [-0.4, -0.2) is 58.6 Å². The van der Waals surface area contributed by atoms with Gasteiger partial charge >= 0.3 is 5.97 Å². The fourth-order valence-electron chi connectivity index (χ4n) is 5.83. The van der Waals surface area contributed by atoms with Gasteiger partial charge in [0.1, 0.15) is 28.5 Å². The van der Waals surface area contributed by atoms with Crippen molar-refractivity contribution in [1.29, 1.82) is 0 Å². The number of ether oxygens (including phenoxy) is 3. The van der Waals surface area contributed by atoms with E-state index in [-0.39, 0.29) is 6.04 Å². The molecule has 0 bridgehead atoms. The van der Waals surface area contributed by atoms with Gasteiger partial charge in [0.2, 0.25) is 5.60 Å². The van der Waals surface area contributed by atoms with Crippen LogP contribution in [0.5, 0.6) is 17.2 Å². The third-order valence-electron chi connectivity index (χ3n) is 8.12. The molecule has 0 amide bonds. The average molecular weight is 575 g/mol. The monoisotopic (exact) mass is 574 g/mol. The number of benzene rings is 2. The van der Waals surface area contributed by atoms with Crippen LogP contribution in [0.2, 0.25) is 0 Å². The SMILES string of the molecule is CCOc1cc(CN(c2nc3cc(OC4(C(=O)O)CCC4)ccc3o2)C2CCNCC2)cc(OCC)c1-n1cccc1. The minimum Gasteiger partial charge on any atom is -0.492 e. The van der Waals surface area contributed by atoms with Gasteiger partial charge in [-0.1, -0.05) is 0 Å². The Hall–Kier alpha value is -4.18. The topological polar surface area (TPSA) is 111 Å². The van der Waals surface area contributed by atoms with Gasteiger partial charge in [0.25, 0.3) is 6.01 Å². The van der Waals surface area contributed by atoms with Crippen LogP contribution >= 0.6 is 0 Å². The summed E-state index contributed by atoms with van der Waals surface area (Å²) in [5, 5.41) is 13.2. The molecule has 1 aliphatic heterocycles. The number of piperidine rings is 1. The molecule has 0 atom stereocenters. The molecule has 1 aliphatic carbocycles. The molecular weight excluding hydrogens is 536 g/mol. The molecular formula is C32H38N4O6. The van der Waals surface area contributed by atoms with E-state index in [9.17, 15) is 9.90 Å². The number of nitrogens with one attached hydrogen (secondary N) is 1. The molecule has 0 unspecified atom stereocenters. The lowest BCUT2D eigenvalue weighted by Gasteiger charge is -2.37. The van der Waals surface area contributed by atoms with Crippen LogP contribution in [0.1, 0.15) is 51.5 Å². The van der Waals surface area contributed by atoms with Gasteiger partial charge in [-0.05, 0) is 101 Å². The van der Waals surface area contributed by atoms with Gasteiger partial charge in [0.15, 0.2) is 5.58 Å². The molecule has 222 valence electrons. The zero-order valence-corrected chi connectivity index (χ0v) is 24.2. The predicted octanol–water partition coefficient (Wildman–Crippen LogP) is 5.56. The van der Waals surface area contributed by atoms with E-state index < -0.39 is 11.6 Å². The van der Waals surface area contributed by atoms with Crippen LogP contribution in [0.4, 0.5) is 6.01 Å². The van der Waals surface area contributed by atoms with Crippen LogP contribution in [0.25, 0.3) is 16.8 Å². The molecule has 2 aromatic carbocycles. The summed E-state index contributed by atoms with van der Waals surface area (Å²) in [6, 6.07) is 14.2. The smallest absolute Gasteiger partial charge is 0.348 e. The van der Waals surface area contributed by atoms with Crippen LogP contribution < -0.4 is 24.4 Å². The third kappa shape index (κ3) is 5.51. The molecule has 0 spiro atoms. The summed E-state index contributed by atoms with van der Waals surface area (Å²) in [5.74, 6) is 1.07. The Labute approximate surface area is 245 Å². The number of carbonyl (C=O) groups is 1. The molecule has 4 aromatic rings. The number of rotatable bonds is 12. The molecule has 2 aliphatic rings. The lowest BCUT2D eigenvalue weighted by atomic mass is 9.80. The normalized spacial score (nSPS) is 16.6. The number of anilines is 1. The van der Waals surface area contributed by atoms with Gasteiger partial charge in [-0.15, -0.1) is 0 Å². The molecule has 2 N–H and O–H groups in total. The Morgan fingerprint density at radius 1 is 1.10 bits per heavy atom. The first-order valence-electron chi connectivity index (χ1n) is 14.9. The second-order valence-electron chi connectivity index (χ2n) is 10.9. The molecule has 6 rings (SSSR count). The Morgan fingerprint density at radius 3 is 2.38 bits per heavy atom. The molecule has 3 heterocycles. The summed E-state index contributed by atoms with van der Waals surface area (Å²) < 4.78 is 26.6. The van der Waals surface area contributed by atoms with Gasteiger partial charge in [-0.2, -0.15) is 4.98 Å². The molecule has 1 saturated carbocycles. The van der Waals surface area contributed by atoms with E-state index in [0.29, 0.717) is 55.5 Å². The first-order valence-corrected chi connectivity index (χ1v) is 14.9. The number of carboxylic acids is 1. The van der Waals surface area contributed by atoms with Crippen molar-refractivity contribution in [2.45, 2.75) is 64.1 Å². The number of oxazole rings is 1. The van der Waals surface area contributed by atoms with Crippen LogP contribution in [-0.2, 0) is 11.3 Å². The Balaban J connectivity index is 1.35. The van der Waals surface area contributed by atoms with Crippen molar-refractivity contribution in [3.63, 3.8) is 0 Å². The summed E-state index contributed by atoms with van der Waals surface area (Å²) in [6.07, 6.45) is 7.73. The number of hydrogen-bond acceptors (Lipinski definition) is 8. The largest absolute Gasteiger partial charge is 0.492 e. The summed E-state index contributed by atoms with van der Waals surface area (Å²) in [4.78, 5) is 18.9. The van der Waals surface area contributed by atoms with E-state index in [2.05, 4.69) is 22.3 Å². The average Bonchev–Trinajstić information content (AvgIpc) is 3.64. The number of nitrogens with zero attached hydrogens (tertiary/aromatic N) is 3. The Bertz CT molecular complexity index is 1490. The maximum absolute atomic E-state index is 11.8. The number of fused-ring (bicyclic) bond motifs is 1. The summed E-state index contributed by atoms with van der Waals surface area (Å²) >= 11 is 0. The van der Waals surface area contributed by atoms with Crippen molar-refractivity contribution in [3.8, 4) is 22.9 Å². The Morgan fingerprint density at radius 2 is 1.79 bits per heavy atom. The van der Waals surface area contributed by atoms with Crippen LogP contribution in [0.3, 0.4) is 0 Å². The van der Waals surface area contributed by atoms with Gasteiger partial charge < -0.3 is 38.5 Å². The molecule has 42 heavy (non-hydrogen) atoms. The predicted molar refractivity (Wildman–Crippen MR) is 159 cm³/mol. The van der Waals surface area contributed by atoms with E-state index in [1.165, 1.54) is 0 Å². The van der Waals surface area contributed by atoms with Crippen molar-refractivity contribution in [3.05, 3.63) is 60.4 Å². The highest BCUT2D eigenvalue weighted by atomic mass is 16.5. The molecule has 0 radical (unpaired) electrons. The minimum atomic E-state index is -1.15. The second-order valence-corrected chi connectivity index (χ2v) is 10.9. The third-order valence-corrected chi connectivity index (χ3v) is 8.12. The van der Waals surface area contributed by atoms with E-state index in [0.717, 1.165) is 55.1 Å². The van der Waals surface area contributed by atoms with Gasteiger partial charge in [-0.3, -0.25) is 0 Å². The number of carboxylic acid groups (broad SMARTS) is 1. The van der Waals surface area contributed by atoms with Crippen molar-refractivity contribution >= 4 is 23.1 Å². The highest BCUT2D eigenvalue weighted by Gasteiger charge is 2.47. The zero-order valence-electron chi connectivity index (χ0n) is 24.2. The van der Waals surface area contributed by atoms with E-state index in [1.54, 1.807) is 12.1 Å². The van der Waals surface area contributed by atoms with Crippen LogP contribution in [0.15, 0.2) is 59.3 Å². The Kier molecular flexibility index (Phi) is 7.97. The van der Waals surface area contributed by atoms with Gasteiger partial charge in [0, 0.05) is 31.0 Å². The second kappa shape index (κ2) is 12.0. The minimum absolute atomic E-state index is 0.218. The van der Waals surface area contributed by atoms with E-state index in [4.69, 9.17) is 23.6 Å². The van der Waals surface area contributed by atoms with Crippen molar-refractivity contribution in [1.82, 2.24) is 14.9 Å². The quantitative estimate of drug-likeness (QED) is 0.225. The summed E-state index contributed by atoms with van der Waals surface area (Å²) in [6.45, 7) is 7.39. The van der Waals surface area contributed by atoms with Crippen LogP contribution in [0, 0.1) is 0 Å². The first-order chi connectivity index (χ1) is 20.5. The standard InChI is InChI=1S/C32H38N4O6/c1-3-39-27-18-22(19-28(40-4-2)29(27)35-16-5-6-17-35)21-36(23-10-14-33-15-11-23)31-34-25-20-24(8-9-26(25)41-31)42-32(30(37)38)12-7-13-32/h5-6,8-9,16-20,23,33H,3-4,7,10-15,21H2,1-2H3,(H,37,38). The molecule has 1 saturated heterocycles. The zero-order chi connectivity index (χ0) is 29.1. The number of aromatic nitrogens is 2. The molecule has 2 fully saturated rings. The van der Waals surface area contributed by atoms with Gasteiger partial charge in [-0.25, -0.2) is 4.79 Å². The van der Waals surface area contributed by atoms with Crippen molar-refractivity contribution in [2.75, 3.05) is 31.2 Å². The number of aliphatic carboxylic acids is 1. The highest BCUT2D eigenvalue weighted by Crippen LogP contribution is 2.39. The first kappa shape index (κ1) is 28.0. The van der Waals surface area contributed by atoms with E-state index in [1.807, 2.05) is 49.0 Å². The summed E-state index contributed by atoms with van der Waals surface area (Å²) in [5.41, 5.74) is 2.01. The van der Waals surface area contributed by atoms with Crippen molar-refractivity contribution in [2.24, 2.45) is 0 Å². The van der Waals surface area contributed by atoms with Crippen molar-refractivity contribution < 1.29 is 28.5 Å². The summed E-state index contributed by atoms with van der Waals surface area (Å²) in [7, 11) is 0. The molecule has 2 aromatic heterocycles. The van der Waals surface area contributed by atoms with E-state index >= 15 is 0 Å². The maximum Gasteiger partial charge on any atom is 0.348 e. The molecule has 10 heteroatoms. The van der Waals surface area contributed by atoms with Gasteiger partial charge in [0.05, 0.1) is 13.2 Å². The maximum atomic E-state index is 11.8. The number of hydrogen-bond donors (Lipinski definition) is 2. The fourth-order valence-corrected chi connectivity index (χ4v) is 5.83. The molecule has 10 nitrogen and oxygen atoms in total. The lowest BCUT2D eigenvalue weighted by Crippen LogP contribution is -2.50. The lowest BCUT2D eigenvalue weighted by molar-refractivity contribution is -0.163. The highest BCUT2D eigenvalue weighted by molar-refractivity contribution is 5.80.